The second-order valence-corrected chi connectivity index (χ2v) is 23.9. The van der Waals surface area contributed by atoms with Gasteiger partial charge in [0.15, 0.2) is 0 Å². The van der Waals surface area contributed by atoms with Crippen LogP contribution in [0.1, 0.15) is 250 Å². The van der Waals surface area contributed by atoms with E-state index >= 15 is 0 Å². The molecule has 5 aromatic carbocycles. The Morgan fingerprint density at radius 2 is 0.622 bits per heavy atom. The van der Waals surface area contributed by atoms with E-state index < -0.39 is 11.9 Å². The van der Waals surface area contributed by atoms with Gasteiger partial charge >= 0.3 is 11.9 Å². The second-order valence-electron chi connectivity index (χ2n) is 22.1. The number of hydrogen-bond donors (Lipinski definition) is 0. The van der Waals surface area contributed by atoms with Gasteiger partial charge in [-0.15, -0.1) is 0 Å². The van der Waals surface area contributed by atoms with Crippen LogP contribution in [0.3, 0.4) is 0 Å². The van der Waals surface area contributed by atoms with Gasteiger partial charge in [-0.3, -0.25) is 0 Å². The standard InChI is InChI=1S/C68H88Br2O4/c1-7-11-15-19-23-27-39-67(40-28-24-20-16-12-8-2)61-43-49(31-35-53(61)55-37-33-51(69)45-63(55)67)57-47-60(66(72)74-6)58(48-59(57)65(71)73-5)50-32-36-54-56-38-34-52(70)46-64(56)68(62(54)44-50,41-29-25-21-17-13-9-3)42-30-26-22-18-14-10-4/h31-38,43-48H,7-30,39-42H2,1-6H3. The molecule has 5 aromatic rings. The molecular weight excluding hydrogens is 1040 g/mol. The van der Waals surface area contributed by atoms with Crippen LogP contribution in [0.4, 0.5) is 0 Å². The molecular formula is C68H88Br2O4. The summed E-state index contributed by atoms with van der Waals surface area (Å²) in [5.41, 5.74) is 14.4. The number of rotatable bonds is 32. The third kappa shape index (κ3) is 13.2. The lowest BCUT2D eigenvalue weighted by Crippen LogP contribution is -2.26. The highest BCUT2D eigenvalue weighted by Gasteiger charge is 2.44. The molecule has 0 heterocycles. The van der Waals surface area contributed by atoms with Crippen molar-refractivity contribution in [3.8, 4) is 44.5 Å². The lowest BCUT2D eigenvalue weighted by molar-refractivity contribution is 0.0588. The number of ether oxygens (including phenoxy) is 2. The zero-order valence-corrected chi connectivity index (χ0v) is 49.4. The number of carbonyl (C=O) groups is 2. The SMILES string of the molecule is CCCCCCCCC1(CCCCCCCC)c2cc(Br)ccc2-c2ccc(-c3cc(C(=O)OC)c(-c4ccc5c(c4)C(CCCCCCCC)(CCCCCCCC)c4cc(Br)ccc4-5)cc3C(=O)OC)cc21. The summed E-state index contributed by atoms with van der Waals surface area (Å²) in [4.78, 5) is 28.7. The van der Waals surface area contributed by atoms with Crippen LogP contribution >= 0.6 is 31.9 Å². The molecule has 398 valence electrons. The van der Waals surface area contributed by atoms with E-state index in [0.717, 1.165) is 71.4 Å². The van der Waals surface area contributed by atoms with Crippen LogP contribution in [-0.2, 0) is 20.3 Å². The van der Waals surface area contributed by atoms with Crippen LogP contribution in [0.5, 0.6) is 0 Å². The third-order valence-electron chi connectivity index (χ3n) is 17.1. The van der Waals surface area contributed by atoms with Crippen molar-refractivity contribution in [2.24, 2.45) is 0 Å². The Balaban J connectivity index is 1.36. The first kappa shape index (κ1) is 57.7. The third-order valence-corrected chi connectivity index (χ3v) is 18.1. The van der Waals surface area contributed by atoms with Crippen LogP contribution in [0, 0.1) is 0 Å². The van der Waals surface area contributed by atoms with Gasteiger partial charge in [0.25, 0.3) is 0 Å². The van der Waals surface area contributed by atoms with Gasteiger partial charge in [0.05, 0.1) is 25.3 Å². The molecule has 0 aromatic heterocycles. The molecule has 0 fully saturated rings. The van der Waals surface area contributed by atoms with E-state index in [0.29, 0.717) is 22.3 Å². The van der Waals surface area contributed by atoms with Crippen molar-refractivity contribution in [1.82, 2.24) is 0 Å². The first-order chi connectivity index (χ1) is 36.1. The maximum Gasteiger partial charge on any atom is 0.338 e. The number of methoxy groups -OCH3 is 2. The number of hydrogen-bond acceptors (Lipinski definition) is 4. The van der Waals surface area contributed by atoms with Gasteiger partial charge in [0.2, 0.25) is 0 Å². The van der Waals surface area contributed by atoms with E-state index in [-0.39, 0.29) is 10.8 Å². The van der Waals surface area contributed by atoms with Gasteiger partial charge in [0.1, 0.15) is 0 Å². The van der Waals surface area contributed by atoms with Crippen LogP contribution < -0.4 is 0 Å². The average Bonchev–Trinajstić information content (AvgIpc) is 3.86. The van der Waals surface area contributed by atoms with Crippen molar-refractivity contribution in [1.29, 1.82) is 0 Å². The van der Waals surface area contributed by atoms with E-state index in [2.05, 4.69) is 132 Å². The fourth-order valence-corrected chi connectivity index (χ4v) is 13.8. The Labute approximate surface area is 464 Å². The number of carbonyl (C=O) groups excluding carboxylic acids is 2. The summed E-state index contributed by atoms with van der Waals surface area (Å²) in [7, 11) is 2.93. The van der Waals surface area contributed by atoms with E-state index in [1.807, 2.05) is 12.1 Å². The van der Waals surface area contributed by atoms with Crippen molar-refractivity contribution >= 4 is 43.8 Å². The van der Waals surface area contributed by atoms with Crippen molar-refractivity contribution in [3.63, 3.8) is 0 Å². The first-order valence-electron chi connectivity index (χ1n) is 29.4. The summed E-state index contributed by atoms with van der Waals surface area (Å²) in [6.45, 7) is 9.15. The van der Waals surface area contributed by atoms with Crippen LogP contribution in [0.15, 0.2) is 93.9 Å². The Hall–Kier alpha value is -4.00. The van der Waals surface area contributed by atoms with Gasteiger partial charge < -0.3 is 9.47 Å². The van der Waals surface area contributed by atoms with E-state index in [1.54, 1.807) is 0 Å². The molecule has 0 saturated carbocycles. The highest BCUT2D eigenvalue weighted by Crippen LogP contribution is 2.58. The fraction of sp³-hybridized carbons (Fsp3) is 0.529. The predicted octanol–water partition coefficient (Wildman–Crippen LogP) is 21.7. The minimum absolute atomic E-state index is 0.175. The zero-order chi connectivity index (χ0) is 52.5. The number of halogens is 2. The normalized spacial score (nSPS) is 13.6. The van der Waals surface area contributed by atoms with E-state index in [4.69, 9.17) is 9.47 Å². The minimum Gasteiger partial charge on any atom is -0.465 e. The zero-order valence-electron chi connectivity index (χ0n) is 46.3. The van der Waals surface area contributed by atoms with Gasteiger partial charge in [0, 0.05) is 19.8 Å². The lowest BCUT2D eigenvalue weighted by Gasteiger charge is -2.33. The molecule has 0 saturated heterocycles. The molecule has 0 radical (unpaired) electrons. The number of benzene rings is 5. The molecule has 4 nitrogen and oxygen atoms in total. The largest absolute Gasteiger partial charge is 0.465 e. The van der Waals surface area contributed by atoms with Crippen molar-refractivity contribution in [2.45, 2.75) is 218 Å². The molecule has 2 aliphatic rings. The monoisotopic (exact) mass is 1130 g/mol. The molecule has 6 heteroatoms. The maximum atomic E-state index is 14.4. The smallest absolute Gasteiger partial charge is 0.338 e. The first-order valence-corrected chi connectivity index (χ1v) is 30.9. The number of esters is 2. The molecule has 7 rings (SSSR count). The second kappa shape index (κ2) is 28.4. The molecule has 0 unspecified atom stereocenters. The Kier molecular flexibility index (Phi) is 22.1. The highest BCUT2D eigenvalue weighted by molar-refractivity contribution is 9.10. The molecule has 0 atom stereocenters. The van der Waals surface area contributed by atoms with Gasteiger partial charge in [-0.25, -0.2) is 9.59 Å². The summed E-state index contributed by atoms with van der Waals surface area (Å²) in [6.07, 6.45) is 34.1. The van der Waals surface area contributed by atoms with E-state index in [1.165, 1.54) is 187 Å². The van der Waals surface area contributed by atoms with Crippen LogP contribution in [-0.4, -0.2) is 26.2 Å². The van der Waals surface area contributed by atoms with E-state index in [9.17, 15) is 9.59 Å². The summed E-state index contributed by atoms with van der Waals surface area (Å²) < 4.78 is 13.5. The molecule has 0 aliphatic heterocycles. The summed E-state index contributed by atoms with van der Waals surface area (Å²) in [5, 5.41) is 0. The quantitative estimate of drug-likeness (QED) is 0.0318. The molecule has 74 heavy (non-hydrogen) atoms. The predicted molar refractivity (Wildman–Crippen MR) is 320 cm³/mol. The Morgan fingerprint density at radius 3 is 0.919 bits per heavy atom. The number of unbranched alkanes of at least 4 members (excludes halogenated alkanes) is 20. The van der Waals surface area contributed by atoms with Gasteiger partial charge in [-0.05, 0) is 141 Å². The summed E-state index contributed by atoms with van der Waals surface area (Å²) >= 11 is 7.80. The van der Waals surface area contributed by atoms with Gasteiger partial charge in [-0.1, -0.05) is 250 Å². The molecule has 0 spiro atoms. The Bertz CT molecular complexity index is 2430. The Morgan fingerprint density at radius 1 is 0.351 bits per heavy atom. The van der Waals surface area contributed by atoms with Crippen molar-refractivity contribution in [3.05, 3.63) is 127 Å². The lowest BCUT2D eigenvalue weighted by atomic mass is 9.70. The maximum absolute atomic E-state index is 14.4. The average molecular weight is 1130 g/mol. The van der Waals surface area contributed by atoms with Crippen molar-refractivity contribution in [2.75, 3.05) is 14.2 Å². The summed E-state index contributed by atoms with van der Waals surface area (Å²) in [5.74, 6) is -0.843. The van der Waals surface area contributed by atoms with Crippen molar-refractivity contribution < 1.29 is 19.1 Å². The topological polar surface area (TPSA) is 52.6 Å². The molecule has 0 amide bonds. The number of fused-ring (bicyclic) bond motifs is 6. The highest BCUT2D eigenvalue weighted by atomic mass is 79.9. The van der Waals surface area contributed by atoms with Crippen LogP contribution in [0.2, 0.25) is 0 Å². The molecule has 0 bridgehead atoms. The van der Waals surface area contributed by atoms with Gasteiger partial charge in [-0.2, -0.15) is 0 Å². The fourth-order valence-electron chi connectivity index (χ4n) is 13.1. The molecule has 2 aliphatic carbocycles. The summed E-state index contributed by atoms with van der Waals surface area (Å²) in [6, 6.07) is 31.2. The van der Waals surface area contributed by atoms with Crippen LogP contribution in [0.25, 0.3) is 44.5 Å². The molecule has 0 N–H and O–H groups in total. The minimum atomic E-state index is -0.422.